The molecule has 17 heavy (non-hydrogen) atoms. The highest BCUT2D eigenvalue weighted by molar-refractivity contribution is 5.90. The fourth-order valence-electron chi connectivity index (χ4n) is 1.16. The van der Waals surface area contributed by atoms with E-state index in [4.69, 9.17) is 22.9 Å². The molecule has 0 radical (unpaired) electrons. The first-order valence-electron chi connectivity index (χ1n) is 5.69. The largest absolute Gasteiger partial charge is 0.391 e. The highest BCUT2D eigenvalue weighted by Gasteiger charge is 2.22. The van der Waals surface area contributed by atoms with Gasteiger partial charge in [0.25, 0.3) is 0 Å². The van der Waals surface area contributed by atoms with Gasteiger partial charge in [-0.2, -0.15) is 0 Å². The molecule has 0 spiro atoms. The Morgan fingerprint density at radius 2 is 1.24 bits per heavy atom. The fourth-order valence-corrected chi connectivity index (χ4v) is 1.16. The summed E-state index contributed by atoms with van der Waals surface area (Å²) in [7, 11) is 0. The number of hydrogen-bond donors (Lipinski definition) is 4. The molecule has 0 aliphatic rings. The maximum absolute atomic E-state index is 11.3. The minimum absolute atomic E-state index is 0.390. The van der Waals surface area contributed by atoms with E-state index in [1.807, 2.05) is 0 Å². The van der Waals surface area contributed by atoms with Gasteiger partial charge in [-0.05, 0) is 38.8 Å². The quantitative estimate of drug-likeness (QED) is 0.291. The number of esters is 2. The molecule has 100 valence electrons. The Morgan fingerprint density at radius 3 is 1.53 bits per heavy atom. The Bertz CT molecular complexity index is 224. The van der Waals surface area contributed by atoms with Crippen LogP contribution in [0.1, 0.15) is 25.7 Å². The van der Waals surface area contributed by atoms with Gasteiger partial charge in [-0.15, -0.1) is 0 Å². The van der Waals surface area contributed by atoms with Crippen molar-refractivity contribution in [3.05, 3.63) is 0 Å². The summed E-state index contributed by atoms with van der Waals surface area (Å²) in [4.78, 5) is 22.7. The van der Waals surface area contributed by atoms with Crippen LogP contribution in [0.4, 0.5) is 0 Å². The molecule has 2 atom stereocenters. The summed E-state index contributed by atoms with van der Waals surface area (Å²) >= 11 is 0. The third-order valence-corrected chi connectivity index (χ3v) is 2.25. The van der Waals surface area contributed by atoms with E-state index in [0.29, 0.717) is 38.8 Å². The van der Waals surface area contributed by atoms with Crippen molar-refractivity contribution in [2.24, 2.45) is 22.9 Å². The molecule has 7 nitrogen and oxygen atoms in total. The summed E-state index contributed by atoms with van der Waals surface area (Å²) in [5.74, 6) is -1.52. The van der Waals surface area contributed by atoms with Gasteiger partial charge in [-0.3, -0.25) is 0 Å². The Labute approximate surface area is 101 Å². The van der Waals surface area contributed by atoms with Gasteiger partial charge in [0.15, 0.2) is 0 Å². The van der Waals surface area contributed by atoms with Crippen molar-refractivity contribution in [1.29, 1.82) is 0 Å². The molecule has 0 saturated carbocycles. The molecule has 0 bridgehead atoms. The highest BCUT2D eigenvalue weighted by atomic mass is 16.6. The summed E-state index contributed by atoms with van der Waals surface area (Å²) in [6.07, 6.45) is 1.98. The molecule has 8 N–H and O–H groups in total. The Hall–Kier alpha value is -1.02. The van der Waals surface area contributed by atoms with Gasteiger partial charge in [0.2, 0.25) is 0 Å². The first-order chi connectivity index (χ1) is 8.02. The van der Waals surface area contributed by atoms with Crippen LogP contribution in [0.2, 0.25) is 0 Å². The lowest BCUT2D eigenvalue weighted by atomic mass is 10.1. The zero-order chi connectivity index (χ0) is 13.3. The van der Waals surface area contributed by atoms with E-state index in [2.05, 4.69) is 4.74 Å². The molecule has 0 rings (SSSR count). The first kappa shape index (κ1) is 16.0. The number of carbonyl (C=O) groups excluding carboxylic acids is 2. The second kappa shape index (κ2) is 9.06. The Balaban J connectivity index is 3.97. The van der Waals surface area contributed by atoms with E-state index in [9.17, 15) is 9.59 Å². The van der Waals surface area contributed by atoms with Gasteiger partial charge in [-0.25, -0.2) is 9.59 Å². The maximum atomic E-state index is 11.3. The van der Waals surface area contributed by atoms with Gasteiger partial charge in [0, 0.05) is 0 Å². The van der Waals surface area contributed by atoms with Crippen molar-refractivity contribution in [3.63, 3.8) is 0 Å². The smallest absolute Gasteiger partial charge is 0.330 e. The molecular formula is C10H22N4O3. The molecule has 0 unspecified atom stereocenters. The monoisotopic (exact) mass is 246 g/mol. The molecule has 0 aromatic rings. The molecule has 0 aromatic carbocycles. The van der Waals surface area contributed by atoms with Crippen molar-refractivity contribution in [1.82, 2.24) is 0 Å². The average Bonchev–Trinajstić information content (AvgIpc) is 2.32. The summed E-state index contributed by atoms with van der Waals surface area (Å²) in [6.45, 7) is 0.871. The lowest BCUT2D eigenvalue weighted by Gasteiger charge is -2.12. The van der Waals surface area contributed by atoms with E-state index in [1.165, 1.54) is 0 Å². The van der Waals surface area contributed by atoms with Gasteiger partial charge in [-0.1, -0.05) is 0 Å². The van der Waals surface area contributed by atoms with Crippen molar-refractivity contribution in [2.45, 2.75) is 37.8 Å². The van der Waals surface area contributed by atoms with Crippen LogP contribution in [0, 0.1) is 0 Å². The minimum Gasteiger partial charge on any atom is -0.391 e. The zero-order valence-corrected chi connectivity index (χ0v) is 9.93. The van der Waals surface area contributed by atoms with Crippen molar-refractivity contribution in [2.75, 3.05) is 13.1 Å². The molecule has 0 aliphatic carbocycles. The third kappa shape index (κ3) is 7.01. The Morgan fingerprint density at radius 1 is 0.882 bits per heavy atom. The first-order valence-corrected chi connectivity index (χ1v) is 5.69. The Kier molecular flexibility index (Phi) is 8.51. The van der Waals surface area contributed by atoms with Crippen LogP contribution in [0.25, 0.3) is 0 Å². The number of carbonyl (C=O) groups is 2. The van der Waals surface area contributed by atoms with Crippen LogP contribution >= 0.6 is 0 Å². The summed E-state index contributed by atoms with van der Waals surface area (Å²) in [5, 5.41) is 0. The van der Waals surface area contributed by atoms with Crippen molar-refractivity contribution >= 4 is 11.9 Å². The predicted molar refractivity (Wildman–Crippen MR) is 63.6 cm³/mol. The topological polar surface area (TPSA) is 147 Å². The van der Waals surface area contributed by atoms with E-state index in [0.717, 1.165) is 0 Å². The lowest BCUT2D eigenvalue weighted by molar-refractivity contribution is -0.161. The van der Waals surface area contributed by atoms with Crippen LogP contribution < -0.4 is 22.9 Å². The molecule has 0 aliphatic heterocycles. The zero-order valence-electron chi connectivity index (χ0n) is 9.93. The van der Waals surface area contributed by atoms with E-state index >= 15 is 0 Å². The van der Waals surface area contributed by atoms with Gasteiger partial charge in [0.05, 0.1) is 0 Å². The van der Waals surface area contributed by atoms with Crippen LogP contribution in [0.3, 0.4) is 0 Å². The normalized spacial score (nSPS) is 14.1. The third-order valence-electron chi connectivity index (χ3n) is 2.25. The molecule has 0 amide bonds. The van der Waals surface area contributed by atoms with E-state index in [-0.39, 0.29) is 0 Å². The standard InChI is InChI=1S/C10H22N4O3/c11-5-1-3-7(13)9(15)17-10(16)8(14)4-2-6-12/h7-8H,1-6,11-14H2/t7-,8-/m1/s1. The lowest BCUT2D eigenvalue weighted by Crippen LogP contribution is -2.39. The second-order valence-corrected chi connectivity index (χ2v) is 3.81. The van der Waals surface area contributed by atoms with Gasteiger partial charge in [0.1, 0.15) is 12.1 Å². The van der Waals surface area contributed by atoms with Gasteiger partial charge < -0.3 is 27.7 Å². The van der Waals surface area contributed by atoms with Crippen molar-refractivity contribution < 1.29 is 14.3 Å². The van der Waals surface area contributed by atoms with Crippen molar-refractivity contribution in [3.8, 4) is 0 Å². The average molecular weight is 246 g/mol. The van der Waals surface area contributed by atoms with E-state index < -0.39 is 24.0 Å². The molecule has 0 heterocycles. The summed E-state index contributed by atoms with van der Waals surface area (Å²) in [6, 6.07) is -1.66. The van der Waals surface area contributed by atoms with Crippen LogP contribution in [0.5, 0.6) is 0 Å². The summed E-state index contributed by atoms with van der Waals surface area (Å²) < 4.78 is 4.56. The number of ether oxygens (including phenoxy) is 1. The SMILES string of the molecule is NCCC[C@@H](N)C(=O)OC(=O)[C@H](N)CCCN. The van der Waals surface area contributed by atoms with Crippen LogP contribution in [-0.4, -0.2) is 37.1 Å². The second-order valence-electron chi connectivity index (χ2n) is 3.81. The van der Waals surface area contributed by atoms with Crippen LogP contribution in [0.15, 0.2) is 0 Å². The van der Waals surface area contributed by atoms with E-state index in [1.54, 1.807) is 0 Å². The number of rotatable bonds is 8. The molecule has 0 aromatic heterocycles. The fraction of sp³-hybridized carbons (Fsp3) is 0.800. The molecule has 7 heteroatoms. The minimum atomic E-state index is -0.829. The predicted octanol–water partition coefficient (Wildman–Crippen LogP) is -1.81. The number of hydrogen-bond acceptors (Lipinski definition) is 7. The summed E-state index contributed by atoms with van der Waals surface area (Å²) in [5.41, 5.74) is 21.6. The maximum Gasteiger partial charge on any atom is 0.330 e. The van der Waals surface area contributed by atoms with Crippen LogP contribution in [-0.2, 0) is 14.3 Å². The van der Waals surface area contributed by atoms with Gasteiger partial charge >= 0.3 is 11.9 Å². The molecular weight excluding hydrogens is 224 g/mol. The number of nitrogens with two attached hydrogens (primary N) is 4. The highest BCUT2D eigenvalue weighted by Crippen LogP contribution is 2.00. The molecule has 0 fully saturated rings. The molecule has 0 saturated heterocycles.